The summed E-state index contributed by atoms with van der Waals surface area (Å²) in [5.74, 6) is 1.94. The van der Waals surface area contributed by atoms with E-state index in [1.807, 2.05) is 26.0 Å². The van der Waals surface area contributed by atoms with Crippen molar-refractivity contribution in [3.63, 3.8) is 0 Å². The molecule has 1 aliphatic rings. The van der Waals surface area contributed by atoms with Crippen LogP contribution in [0, 0.1) is 12.8 Å². The van der Waals surface area contributed by atoms with Crippen LogP contribution in [0.3, 0.4) is 0 Å². The van der Waals surface area contributed by atoms with Gasteiger partial charge in [-0.25, -0.2) is 0 Å². The number of carbonyl (C=O) groups is 1. The molecule has 0 radical (unpaired) electrons. The molecule has 1 aliphatic carbocycles. The molecule has 24 heavy (non-hydrogen) atoms. The zero-order chi connectivity index (χ0) is 17.7. The molecule has 0 heterocycles. The number of amides is 1. The van der Waals surface area contributed by atoms with E-state index >= 15 is 0 Å². The van der Waals surface area contributed by atoms with Crippen molar-refractivity contribution in [2.45, 2.75) is 58.5 Å². The molecule has 5 heteroatoms. The van der Waals surface area contributed by atoms with Crippen LogP contribution in [0.4, 0.5) is 5.69 Å². The first-order valence-electron chi connectivity index (χ1n) is 8.75. The summed E-state index contributed by atoms with van der Waals surface area (Å²) in [6.07, 6.45) is 4.74. The maximum Gasteiger partial charge on any atom is 0.242 e. The standard InChI is InChI=1S/C19H30N2O3/c1-12-8-6-7-9-15(12)21-19(22)14(3)20-16-11-18(24-5)17(23-4)10-13(16)2/h10-12,14-15,20H,6-9H2,1-5H3,(H,21,22)/t12-,14+,15-/m0/s1. The van der Waals surface area contributed by atoms with Gasteiger partial charge in [0.2, 0.25) is 5.91 Å². The molecule has 134 valence electrons. The molecular weight excluding hydrogens is 304 g/mol. The fraction of sp³-hybridized carbons (Fsp3) is 0.632. The van der Waals surface area contributed by atoms with Crippen LogP contribution in [0.15, 0.2) is 12.1 Å². The predicted octanol–water partition coefficient (Wildman–Crippen LogP) is 3.51. The summed E-state index contributed by atoms with van der Waals surface area (Å²) in [4.78, 5) is 12.5. The molecule has 1 fully saturated rings. The zero-order valence-electron chi connectivity index (χ0n) is 15.4. The fourth-order valence-corrected chi connectivity index (χ4v) is 3.27. The molecule has 0 aliphatic heterocycles. The topological polar surface area (TPSA) is 59.6 Å². The average Bonchev–Trinajstić information content (AvgIpc) is 2.58. The van der Waals surface area contributed by atoms with Crippen LogP contribution in [0.25, 0.3) is 0 Å². The molecule has 0 bridgehead atoms. The predicted molar refractivity (Wildman–Crippen MR) is 96.9 cm³/mol. The quantitative estimate of drug-likeness (QED) is 0.836. The van der Waals surface area contributed by atoms with Crippen LogP contribution in [0.1, 0.15) is 45.1 Å². The monoisotopic (exact) mass is 334 g/mol. The number of methoxy groups -OCH3 is 2. The van der Waals surface area contributed by atoms with Gasteiger partial charge in [0.15, 0.2) is 11.5 Å². The number of ether oxygens (including phenoxy) is 2. The second-order valence-electron chi connectivity index (χ2n) is 6.76. The molecule has 2 rings (SSSR count). The van der Waals surface area contributed by atoms with E-state index in [0.29, 0.717) is 23.5 Å². The van der Waals surface area contributed by atoms with Crippen molar-refractivity contribution in [3.8, 4) is 11.5 Å². The van der Waals surface area contributed by atoms with Crippen molar-refractivity contribution in [2.24, 2.45) is 5.92 Å². The van der Waals surface area contributed by atoms with E-state index in [1.54, 1.807) is 14.2 Å². The molecule has 5 nitrogen and oxygen atoms in total. The molecule has 0 aromatic heterocycles. The van der Waals surface area contributed by atoms with Crippen LogP contribution >= 0.6 is 0 Å². The number of benzene rings is 1. The Hall–Kier alpha value is -1.91. The molecule has 3 atom stereocenters. The van der Waals surface area contributed by atoms with Crippen molar-refractivity contribution in [3.05, 3.63) is 17.7 Å². The van der Waals surface area contributed by atoms with E-state index in [9.17, 15) is 4.79 Å². The summed E-state index contributed by atoms with van der Waals surface area (Å²) in [5, 5.41) is 6.49. The molecule has 1 aromatic rings. The number of hydrogen-bond acceptors (Lipinski definition) is 4. The first-order valence-corrected chi connectivity index (χ1v) is 8.75. The van der Waals surface area contributed by atoms with E-state index in [4.69, 9.17) is 9.47 Å². The Labute approximate surface area is 145 Å². The van der Waals surface area contributed by atoms with Crippen LogP contribution in [-0.4, -0.2) is 32.2 Å². The van der Waals surface area contributed by atoms with Gasteiger partial charge in [-0.1, -0.05) is 19.8 Å². The van der Waals surface area contributed by atoms with Gasteiger partial charge < -0.3 is 20.1 Å². The molecule has 0 saturated heterocycles. The largest absolute Gasteiger partial charge is 0.493 e. The summed E-state index contributed by atoms with van der Waals surface area (Å²) in [7, 11) is 3.23. The molecule has 0 unspecified atom stereocenters. The Bertz CT molecular complexity index is 574. The van der Waals surface area contributed by atoms with Crippen molar-refractivity contribution in [2.75, 3.05) is 19.5 Å². The van der Waals surface area contributed by atoms with E-state index in [1.165, 1.54) is 19.3 Å². The summed E-state index contributed by atoms with van der Waals surface area (Å²) in [6, 6.07) is 3.77. The van der Waals surface area contributed by atoms with Gasteiger partial charge in [-0.2, -0.15) is 0 Å². The third-order valence-corrected chi connectivity index (χ3v) is 4.93. The fourth-order valence-electron chi connectivity index (χ4n) is 3.27. The molecule has 2 N–H and O–H groups in total. The first-order chi connectivity index (χ1) is 11.5. The second-order valence-corrected chi connectivity index (χ2v) is 6.76. The Balaban J connectivity index is 2.03. The highest BCUT2D eigenvalue weighted by molar-refractivity contribution is 5.85. The molecule has 1 aromatic carbocycles. The minimum Gasteiger partial charge on any atom is -0.493 e. The van der Waals surface area contributed by atoms with Crippen molar-refractivity contribution < 1.29 is 14.3 Å². The van der Waals surface area contributed by atoms with Crippen LogP contribution in [-0.2, 0) is 4.79 Å². The van der Waals surface area contributed by atoms with Crippen LogP contribution in [0.5, 0.6) is 11.5 Å². The Morgan fingerprint density at radius 1 is 1.17 bits per heavy atom. The number of carbonyl (C=O) groups excluding carboxylic acids is 1. The third-order valence-electron chi connectivity index (χ3n) is 4.93. The minimum absolute atomic E-state index is 0.0444. The maximum absolute atomic E-state index is 12.5. The van der Waals surface area contributed by atoms with Gasteiger partial charge in [0.25, 0.3) is 0 Å². The molecule has 1 amide bonds. The van der Waals surface area contributed by atoms with E-state index in [2.05, 4.69) is 17.6 Å². The number of hydrogen-bond donors (Lipinski definition) is 2. The van der Waals surface area contributed by atoms with Gasteiger partial charge in [0, 0.05) is 17.8 Å². The molecule has 0 spiro atoms. The number of anilines is 1. The average molecular weight is 334 g/mol. The van der Waals surface area contributed by atoms with Gasteiger partial charge in [0.1, 0.15) is 6.04 Å². The smallest absolute Gasteiger partial charge is 0.242 e. The summed E-state index contributed by atoms with van der Waals surface area (Å²) < 4.78 is 10.6. The SMILES string of the molecule is COc1cc(C)c(N[C@H](C)C(=O)N[C@H]2CCCC[C@@H]2C)cc1OC. The highest BCUT2D eigenvalue weighted by Gasteiger charge is 2.25. The normalized spacial score (nSPS) is 21.7. The van der Waals surface area contributed by atoms with Crippen LogP contribution < -0.4 is 20.1 Å². The van der Waals surface area contributed by atoms with Crippen LogP contribution in [0.2, 0.25) is 0 Å². The third kappa shape index (κ3) is 4.34. The summed E-state index contributed by atoms with van der Waals surface area (Å²) in [6.45, 7) is 6.10. The minimum atomic E-state index is -0.309. The number of rotatable bonds is 6. The van der Waals surface area contributed by atoms with Gasteiger partial charge in [0.05, 0.1) is 14.2 Å². The lowest BCUT2D eigenvalue weighted by Crippen LogP contribution is -2.46. The van der Waals surface area contributed by atoms with Crippen molar-refractivity contribution in [1.82, 2.24) is 5.32 Å². The first kappa shape index (κ1) is 18.4. The Morgan fingerprint density at radius 3 is 2.42 bits per heavy atom. The molecular formula is C19H30N2O3. The lowest BCUT2D eigenvalue weighted by Gasteiger charge is -2.30. The van der Waals surface area contributed by atoms with Gasteiger partial charge in [-0.15, -0.1) is 0 Å². The summed E-state index contributed by atoms with van der Waals surface area (Å²) >= 11 is 0. The van der Waals surface area contributed by atoms with Crippen molar-refractivity contribution in [1.29, 1.82) is 0 Å². The Kier molecular flexibility index (Phi) is 6.35. The van der Waals surface area contributed by atoms with E-state index < -0.39 is 0 Å². The van der Waals surface area contributed by atoms with Gasteiger partial charge >= 0.3 is 0 Å². The number of nitrogens with one attached hydrogen (secondary N) is 2. The van der Waals surface area contributed by atoms with E-state index in [0.717, 1.165) is 17.7 Å². The van der Waals surface area contributed by atoms with Gasteiger partial charge in [-0.3, -0.25) is 4.79 Å². The lowest BCUT2D eigenvalue weighted by atomic mass is 9.86. The van der Waals surface area contributed by atoms with Gasteiger partial charge in [-0.05, 0) is 44.2 Å². The highest BCUT2D eigenvalue weighted by Crippen LogP contribution is 2.33. The zero-order valence-corrected chi connectivity index (χ0v) is 15.4. The highest BCUT2D eigenvalue weighted by atomic mass is 16.5. The lowest BCUT2D eigenvalue weighted by molar-refractivity contribution is -0.122. The summed E-state index contributed by atoms with van der Waals surface area (Å²) in [5.41, 5.74) is 1.89. The number of aryl methyl sites for hydroxylation is 1. The molecule has 1 saturated carbocycles. The van der Waals surface area contributed by atoms with Crippen molar-refractivity contribution >= 4 is 11.6 Å². The second kappa shape index (κ2) is 8.27. The maximum atomic E-state index is 12.5. The van der Waals surface area contributed by atoms with E-state index in [-0.39, 0.29) is 11.9 Å². The Morgan fingerprint density at radius 2 is 1.79 bits per heavy atom.